The second-order valence-electron chi connectivity index (χ2n) is 7.96. The standard InChI is InChI=1S/C22H24N4O3/c27-17-6-8-18(9-7-17)29-21-11-10-20-23-13-19(26(20)25-21)14-2-1-3-15(12-14)22(28)24-16-4-5-16/h1-3,10-13,16-18,27H,4-9H2,(H,24,28)/t17-,18-. The molecule has 0 unspecified atom stereocenters. The molecule has 0 atom stereocenters. The Kier molecular flexibility index (Phi) is 4.67. The lowest BCUT2D eigenvalue weighted by atomic mass is 9.95. The third-order valence-corrected chi connectivity index (χ3v) is 5.60. The first-order valence-corrected chi connectivity index (χ1v) is 10.3. The number of nitrogens with zero attached hydrogens (tertiary/aromatic N) is 3. The van der Waals surface area contributed by atoms with Gasteiger partial charge in [-0.25, -0.2) is 9.50 Å². The number of nitrogens with one attached hydrogen (secondary N) is 1. The first kappa shape index (κ1) is 18.1. The van der Waals surface area contributed by atoms with Crippen molar-refractivity contribution in [3.8, 4) is 17.1 Å². The summed E-state index contributed by atoms with van der Waals surface area (Å²) in [4.78, 5) is 16.8. The van der Waals surface area contributed by atoms with Crippen molar-refractivity contribution in [1.82, 2.24) is 19.9 Å². The summed E-state index contributed by atoms with van der Waals surface area (Å²) in [5.74, 6) is 0.500. The van der Waals surface area contributed by atoms with Gasteiger partial charge < -0.3 is 15.2 Å². The summed E-state index contributed by atoms with van der Waals surface area (Å²) >= 11 is 0. The third-order valence-electron chi connectivity index (χ3n) is 5.60. The van der Waals surface area contributed by atoms with Crippen LogP contribution in [0.4, 0.5) is 0 Å². The number of aromatic nitrogens is 3. The predicted molar refractivity (Wildman–Crippen MR) is 108 cm³/mol. The number of rotatable bonds is 5. The van der Waals surface area contributed by atoms with Gasteiger partial charge in [0, 0.05) is 23.2 Å². The van der Waals surface area contributed by atoms with Crippen LogP contribution in [0.3, 0.4) is 0 Å². The summed E-state index contributed by atoms with van der Waals surface area (Å²) < 4.78 is 7.80. The van der Waals surface area contributed by atoms with Gasteiger partial charge in [-0.3, -0.25) is 4.79 Å². The van der Waals surface area contributed by atoms with Crippen molar-refractivity contribution in [2.24, 2.45) is 0 Å². The highest BCUT2D eigenvalue weighted by Gasteiger charge is 2.24. The molecule has 7 heteroatoms. The molecule has 1 amide bonds. The Balaban J connectivity index is 1.40. The molecule has 5 rings (SSSR count). The molecule has 2 saturated carbocycles. The van der Waals surface area contributed by atoms with Gasteiger partial charge in [0.2, 0.25) is 5.88 Å². The molecule has 7 nitrogen and oxygen atoms in total. The fraction of sp³-hybridized carbons (Fsp3) is 0.409. The summed E-state index contributed by atoms with van der Waals surface area (Å²) in [6, 6.07) is 11.6. The number of benzene rings is 1. The number of amides is 1. The number of hydrogen-bond acceptors (Lipinski definition) is 5. The van der Waals surface area contributed by atoms with E-state index in [1.165, 1.54) is 0 Å². The third kappa shape index (κ3) is 3.96. The molecule has 0 spiro atoms. The lowest BCUT2D eigenvalue weighted by Crippen LogP contribution is -2.26. The SMILES string of the molecule is O=C(NC1CC1)c1cccc(-c2cnc3ccc(O[C@H]4CC[C@H](O)CC4)nn23)c1. The normalized spacial score (nSPS) is 21.8. The summed E-state index contributed by atoms with van der Waals surface area (Å²) in [5, 5.41) is 17.3. The molecular formula is C22H24N4O3. The van der Waals surface area contributed by atoms with Gasteiger partial charge in [-0.2, -0.15) is 0 Å². The van der Waals surface area contributed by atoms with Crippen LogP contribution in [0.25, 0.3) is 16.9 Å². The molecule has 2 aliphatic carbocycles. The summed E-state index contributed by atoms with van der Waals surface area (Å²) in [7, 11) is 0. The van der Waals surface area contributed by atoms with Gasteiger partial charge in [0.15, 0.2) is 5.65 Å². The van der Waals surface area contributed by atoms with E-state index in [4.69, 9.17) is 4.74 Å². The topological polar surface area (TPSA) is 88.8 Å². The first-order valence-electron chi connectivity index (χ1n) is 10.3. The van der Waals surface area contributed by atoms with E-state index in [-0.39, 0.29) is 18.1 Å². The Bertz CT molecular complexity index is 1040. The Morgan fingerprint density at radius 1 is 1.10 bits per heavy atom. The number of hydrogen-bond donors (Lipinski definition) is 2. The molecule has 2 aromatic heterocycles. The second kappa shape index (κ2) is 7.48. The maximum absolute atomic E-state index is 12.4. The molecule has 2 fully saturated rings. The predicted octanol–water partition coefficient (Wildman–Crippen LogP) is 2.97. The first-order chi connectivity index (χ1) is 14.2. The fourth-order valence-electron chi connectivity index (χ4n) is 3.77. The molecule has 2 heterocycles. The zero-order chi connectivity index (χ0) is 19.8. The monoisotopic (exact) mass is 392 g/mol. The van der Waals surface area contributed by atoms with E-state index >= 15 is 0 Å². The number of aliphatic hydroxyl groups excluding tert-OH is 1. The van der Waals surface area contributed by atoms with Crippen molar-refractivity contribution in [1.29, 1.82) is 0 Å². The molecule has 0 saturated heterocycles. The highest BCUT2D eigenvalue weighted by molar-refractivity contribution is 5.95. The Labute approximate surface area is 168 Å². The highest BCUT2D eigenvalue weighted by atomic mass is 16.5. The molecule has 0 radical (unpaired) electrons. The van der Waals surface area contributed by atoms with E-state index in [2.05, 4.69) is 15.4 Å². The second-order valence-corrected chi connectivity index (χ2v) is 7.96. The lowest BCUT2D eigenvalue weighted by Gasteiger charge is -2.25. The lowest BCUT2D eigenvalue weighted by molar-refractivity contribution is 0.0637. The van der Waals surface area contributed by atoms with Gasteiger partial charge in [-0.1, -0.05) is 12.1 Å². The van der Waals surface area contributed by atoms with Crippen molar-refractivity contribution in [3.63, 3.8) is 0 Å². The fourth-order valence-corrected chi connectivity index (χ4v) is 3.77. The minimum atomic E-state index is -0.213. The van der Waals surface area contributed by atoms with Gasteiger partial charge in [-0.15, -0.1) is 5.10 Å². The van der Waals surface area contributed by atoms with Crippen LogP contribution in [0.1, 0.15) is 48.9 Å². The van der Waals surface area contributed by atoms with Crippen LogP contribution in [0.5, 0.6) is 5.88 Å². The molecule has 0 aliphatic heterocycles. The van der Waals surface area contributed by atoms with Gasteiger partial charge in [0.25, 0.3) is 5.91 Å². The van der Waals surface area contributed by atoms with Crippen LogP contribution in [0, 0.1) is 0 Å². The van der Waals surface area contributed by atoms with Gasteiger partial charge in [-0.05, 0) is 56.7 Å². The average molecular weight is 392 g/mol. The maximum Gasteiger partial charge on any atom is 0.251 e. The smallest absolute Gasteiger partial charge is 0.251 e. The van der Waals surface area contributed by atoms with Crippen molar-refractivity contribution >= 4 is 11.6 Å². The van der Waals surface area contributed by atoms with Crippen LogP contribution in [0.15, 0.2) is 42.6 Å². The van der Waals surface area contributed by atoms with Crippen LogP contribution in [0.2, 0.25) is 0 Å². The van der Waals surface area contributed by atoms with E-state index in [0.717, 1.165) is 55.4 Å². The average Bonchev–Trinajstić information content (AvgIpc) is 3.45. The minimum Gasteiger partial charge on any atom is -0.473 e. The Morgan fingerprint density at radius 3 is 2.72 bits per heavy atom. The molecule has 150 valence electrons. The zero-order valence-corrected chi connectivity index (χ0v) is 16.1. The Morgan fingerprint density at radius 2 is 1.93 bits per heavy atom. The van der Waals surface area contributed by atoms with Crippen molar-refractivity contribution in [2.45, 2.75) is 56.8 Å². The molecule has 2 N–H and O–H groups in total. The number of fused-ring (bicyclic) bond motifs is 1. The van der Waals surface area contributed by atoms with E-state index < -0.39 is 0 Å². The van der Waals surface area contributed by atoms with Crippen molar-refractivity contribution < 1.29 is 14.6 Å². The van der Waals surface area contributed by atoms with E-state index in [1.807, 2.05) is 36.4 Å². The van der Waals surface area contributed by atoms with E-state index in [0.29, 0.717) is 17.5 Å². The summed E-state index contributed by atoms with van der Waals surface area (Å²) in [6.07, 6.45) is 6.93. The molecule has 2 aliphatic rings. The van der Waals surface area contributed by atoms with E-state index in [1.54, 1.807) is 10.7 Å². The van der Waals surface area contributed by atoms with Crippen LogP contribution >= 0.6 is 0 Å². The minimum absolute atomic E-state index is 0.0420. The van der Waals surface area contributed by atoms with Gasteiger partial charge in [0.05, 0.1) is 18.0 Å². The highest BCUT2D eigenvalue weighted by Crippen LogP contribution is 2.26. The van der Waals surface area contributed by atoms with E-state index in [9.17, 15) is 9.90 Å². The maximum atomic E-state index is 12.4. The number of carbonyl (C=O) groups is 1. The largest absolute Gasteiger partial charge is 0.473 e. The summed E-state index contributed by atoms with van der Waals surface area (Å²) in [5.41, 5.74) is 3.05. The number of aliphatic hydroxyl groups is 1. The van der Waals surface area contributed by atoms with Crippen LogP contribution in [-0.4, -0.2) is 43.9 Å². The quantitative estimate of drug-likeness (QED) is 0.697. The van der Waals surface area contributed by atoms with Crippen LogP contribution < -0.4 is 10.1 Å². The molecule has 1 aromatic carbocycles. The van der Waals surface area contributed by atoms with Crippen molar-refractivity contribution in [3.05, 3.63) is 48.2 Å². The molecular weight excluding hydrogens is 368 g/mol. The Hall–Kier alpha value is -2.93. The molecule has 0 bridgehead atoms. The summed E-state index contributed by atoms with van der Waals surface area (Å²) in [6.45, 7) is 0. The number of ether oxygens (including phenoxy) is 1. The van der Waals surface area contributed by atoms with Crippen LogP contribution in [-0.2, 0) is 0 Å². The van der Waals surface area contributed by atoms with Gasteiger partial charge >= 0.3 is 0 Å². The molecule has 3 aromatic rings. The van der Waals surface area contributed by atoms with Gasteiger partial charge in [0.1, 0.15) is 6.10 Å². The zero-order valence-electron chi connectivity index (χ0n) is 16.1. The molecule has 29 heavy (non-hydrogen) atoms. The number of carbonyl (C=O) groups excluding carboxylic acids is 1. The van der Waals surface area contributed by atoms with Crippen molar-refractivity contribution in [2.75, 3.05) is 0 Å². The number of imidazole rings is 1.